The van der Waals surface area contributed by atoms with Crippen LogP contribution in [0.25, 0.3) is 0 Å². The van der Waals surface area contributed by atoms with E-state index >= 15 is 0 Å². The minimum Gasteiger partial charge on any atom is -0.394 e. The number of carbonyl (C=O) groups is 1. The van der Waals surface area contributed by atoms with Gasteiger partial charge in [-0.05, 0) is 51.4 Å². The van der Waals surface area contributed by atoms with Crippen molar-refractivity contribution < 1.29 is 20.1 Å². The Labute approximate surface area is 241 Å². The second-order valence-electron chi connectivity index (χ2n) is 11.4. The summed E-state index contributed by atoms with van der Waals surface area (Å²) in [4.78, 5) is 12.3. The SMILES string of the molecule is CCCCCC/C=C/CC/C=C/CCCC(O)C(O)C(CO)NC(=O)CCCCCCCCCCCCCC. The highest BCUT2D eigenvalue weighted by Crippen LogP contribution is 2.13. The lowest BCUT2D eigenvalue weighted by atomic mass is 10.0. The van der Waals surface area contributed by atoms with Crippen LogP contribution in [0.2, 0.25) is 0 Å². The van der Waals surface area contributed by atoms with E-state index < -0.39 is 18.2 Å². The molecule has 3 atom stereocenters. The molecule has 230 valence electrons. The highest BCUT2D eigenvalue weighted by molar-refractivity contribution is 5.76. The molecular formula is C34H65NO4. The van der Waals surface area contributed by atoms with Crippen molar-refractivity contribution in [2.24, 2.45) is 0 Å². The number of aliphatic hydroxyl groups is 3. The van der Waals surface area contributed by atoms with Crippen molar-refractivity contribution in [2.75, 3.05) is 6.61 Å². The Morgan fingerprint density at radius 3 is 1.56 bits per heavy atom. The van der Waals surface area contributed by atoms with Crippen LogP contribution >= 0.6 is 0 Å². The van der Waals surface area contributed by atoms with Crippen LogP contribution in [0.1, 0.15) is 162 Å². The van der Waals surface area contributed by atoms with Crippen molar-refractivity contribution in [1.29, 1.82) is 0 Å². The van der Waals surface area contributed by atoms with E-state index in [-0.39, 0.29) is 12.5 Å². The van der Waals surface area contributed by atoms with Gasteiger partial charge < -0.3 is 20.6 Å². The molecule has 0 heterocycles. The number of nitrogens with one attached hydrogen (secondary N) is 1. The van der Waals surface area contributed by atoms with Crippen molar-refractivity contribution >= 4 is 5.91 Å². The summed E-state index contributed by atoms with van der Waals surface area (Å²) in [5.74, 6) is -0.162. The Morgan fingerprint density at radius 2 is 1.05 bits per heavy atom. The molecule has 39 heavy (non-hydrogen) atoms. The predicted molar refractivity (Wildman–Crippen MR) is 167 cm³/mol. The van der Waals surface area contributed by atoms with E-state index in [2.05, 4.69) is 43.5 Å². The number of carbonyl (C=O) groups excluding carboxylic acids is 1. The minimum atomic E-state index is -1.16. The summed E-state index contributed by atoms with van der Waals surface area (Å²) in [6, 6.07) is -0.825. The van der Waals surface area contributed by atoms with Gasteiger partial charge in [0.1, 0.15) is 6.10 Å². The number of aliphatic hydroxyl groups excluding tert-OH is 3. The molecule has 3 unspecified atom stereocenters. The molecule has 5 heteroatoms. The molecule has 0 aliphatic heterocycles. The monoisotopic (exact) mass is 551 g/mol. The van der Waals surface area contributed by atoms with Crippen LogP contribution in [0, 0.1) is 0 Å². The van der Waals surface area contributed by atoms with Crippen LogP contribution in [0.4, 0.5) is 0 Å². The van der Waals surface area contributed by atoms with E-state index in [4.69, 9.17) is 0 Å². The summed E-state index contributed by atoms with van der Waals surface area (Å²) < 4.78 is 0. The summed E-state index contributed by atoms with van der Waals surface area (Å²) >= 11 is 0. The lowest BCUT2D eigenvalue weighted by Crippen LogP contribution is -2.50. The third kappa shape index (κ3) is 25.5. The van der Waals surface area contributed by atoms with Crippen LogP contribution in [-0.4, -0.2) is 46.1 Å². The first-order valence-electron chi connectivity index (χ1n) is 16.6. The molecule has 4 N–H and O–H groups in total. The third-order valence-electron chi connectivity index (χ3n) is 7.54. The van der Waals surface area contributed by atoms with Gasteiger partial charge in [0.2, 0.25) is 5.91 Å². The molecule has 1 amide bonds. The number of rotatable bonds is 29. The molecule has 0 aliphatic carbocycles. The second kappa shape index (κ2) is 29.8. The Bertz CT molecular complexity index is 578. The van der Waals surface area contributed by atoms with Gasteiger partial charge in [-0.2, -0.15) is 0 Å². The van der Waals surface area contributed by atoms with Crippen LogP contribution in [0.5, 0.6) is 0 Å². The van der Waals surface area contributed by atoms with Gasteiger partial charge in [-0.15, -0.1) is 0 Å². The van der Waals surface area contributed by atoms with Gasteiger partial charge in [0.25, 0.3) is 0 Å². The van der Waals surface area contributed by atoms with Crippen molar-refractivity contribution in [3.63, 3.8) is 0 Å². The molecule has 0 radical (unpaired) electrons. The summed E-state index contributed by atoms with van der Waals surface area (Å²) in [7, 11) is 0. The average molecular weight is 552 g/mol. The van der Waals surface area contributed by atoms with Gasteiger partial charge in [0.15, 0.2) is 0 Å². The molecule has 0 saturated heterocycles. The molecule has 0 rings (SSSR count). The normalized spacial score (nSPS) is 14.3. The number of hydrogen-bond acceptors (Lipinski definition) is 4. The van der Waals surface area contributed by atoms with Crippen molar-refractivity contribution in [3.05, 3.63) is 24.3 Å². The Hall–Kier alpha value is -1.17. The number of allylic oxidation sites excluding steroid dienone is 4. The van der Waals surface area contributed by atoms with Crippen molar-refractivity contribution in [3.8, 4) is 0 Å². The fraction of sp³-hybridized carbons (Fsp3) is 0.853. The van der Waals surface area contributed by atoms with E-state index in [0.717, 1.165) is 44.9 Å². The highest BCUT2D eigenvalue weighted by atomic mass is 16.3. The maximum atomic E-state index is 12.3. The Balaban J connectivity index is 3.81. The molecule has 0 aliphatic rings. The zero-order chi connectivity index (χ0) is 28.8. The molecule has 5 nitrogen and oxygen atoms in total. The fourth-order valence-electron chi connectivity index (χ4n) is 4.88. The number of amides is 1. The number of unbranched alkanes of at least 4 members (excludes halogenated alkanes) is 17. The zero-order valence-electron chi connectivity index (χ0n) is 25.8. The maximum absolute atomic E-state index is 12.3. The minimum absolute atomic E-state index is 0.162. The lowest BCUT2D eigenvalue weighted by molar-refractivity contribution is -0.124. The first-order chi connectivity index (χ1) is 19.1. The molecule has 0 saturated carbocycles. The molecular weight excluding hydrogens is 486 g/mol. The largest absolute Gasteiger partial charge is 0.394 e. The van der Waals surface area contributed by atoms with E-state index in [0.29, 0.717) is 12.8 Å². The average Bonchev–Trinajstić information content (AvgIpc) is 2.94. The van der Waals surface area contributed by atoms with Gasteiger partial charge in [0.05, 0.1) is 18.8 Å². The van der Waals surface area contributed by atoms with Crippen LogP contribution in [0.15, 0.2) is 24.3 Å². The first-order valence-corrected chi connectivity index (χ1v) is 16.6. The molecule has 0 aromatic rings. The van der Waals surface area contributed by atoms with Gasteiger partial charge in [0, 0.05) is 6.42 Å². The zero-order valence-corrected chi connectivity index (χ0v) is 25.8. The molecule has 0 fully saturated rings. The topological polar surface area (TPSA) is 89.8 Å². The van der Waals surface area contributed by atoms with Gasteiger partial charge in [-0.25, -0.2) is 0 Å². The molecule has 0 spiro atoms. The van der Waals surface area contributed by atoms with Crippen molar-refractivity contribution in [1.82, 2.24) is 5.32 Å². The van der Waals surface area contributed by atoms with Gasteiger partial charge in [-0.3, -0.25) is 4.79 Å². The Kier molecular flexibility index (Phi) is 28.9. The second-order valence-corrected chi connectivity index (χ2v) is 11.4. The molecule has 0 aromatic heterocycles. The molecule has 0 bridgehead atoms. The quantitative estimate of drug-likeness (QED) is 0.0556. The summed E-state index contributed by atoms with van der Waals surface area (Å²) in [5, 5.41) is 33.2. The van der Waals surface area contributed by atoms with Gasteiger partial charge >= 0.3 is 0 Å². The van der Waals surface area contributed by atoms with Gasteiger partial charge in [-0.1, -0.05) is 128 Å². The summed E-state index contributed by atoms with van der Waals surface area (Å²) in [6.07, 6.45) is 32.6. The van der Waals surface area contributed by atoms with E-state index in [1.54, 1.807) is 0 Å². The standard InChI is InChI=1S/C34H65NO4/c1-3-5-7-9-11-13-15-17-18-20-22-24-26-28-32(37)34(39)31(30-36)35-33(38)29-27-25-23-21-19-16-14-12-10-8-6-4-2/h13,15,20,22,31-32,34,36-37,39H,3-12,14,16-19,21,23-30H2,1-2H3,(H,35,38)/b15-13+,22-20+. The van der Waals surface area contributed by atoms with Crippen LogP contribution in [-0.2, 0) is 4.79 Å². The van der Waals surface area contributed by atoms with E-state index in [1.807, 2.05) is 0 Å². The van der Waals surface area contributed by atoms with Crippen LogP contribution < -0.4 is 5.32 Å². The smallest absolute Gasteiger partial charge is 0.220 e. The summed E-state index contributed by atoms with van der Waals surface area (Å²) in [5.41, 5.74) is 0. The lowest BCUT2D eigenvalue weighted by Gasteiger charge is -2.26. The number of hydrogen-bond donors (Lipinski definition) is 4. The third-order valence-corrected chi connectivity index (χ3v) is 7.54. The Morgan fingerprint density at radius 1 is 0.615 bits per heavy atom. The predicted octanol–water partition coefficient (Wildman–Crippen LogP) is 8.31. The van der Waals surface area contributed by atoms with E-state index in [1.165, 1.54) is 89.9 Å². The first kappa shape index (κ1) is 37.8. The summed E-state index contributed by atoms with van der Waals surface area (Å²) in [6.45, 7) is 4.10. The van der Waals surface area contributed by atoms with Crippen molar-refractivity contribution in [2.45, 2.75) is 180 Å². The molecule has 0 aromatic carbocycles. The van der Waals surface area contributed by atoms with Crippen LogP contribution in [0.3, 0.4) is 0 Å². The highest BCUT2D eigenvalue weighted by Gasteiger charge is 2.26. The maximum Gasteiger partial charge on any atom is 0.220 e. The van der Waals surface area contributed by atoms with E-state index in [9.17, 15) is 20.1 Å². The fourth-order valence-corrected chi connectivity index (χ4v) is 4.88.